The van der Waals surface area contributed by atoms with Crippen LogP contribution in [0.1, 0.15) is 143 Å². The molecule has 2 aromatic heterocycles. The summed E-state index contributed by atoms with van der Waals surface area (Å²) in [6.07, 6.45) is 24.4. The van der Waals surface area contributed by atoms with Gasteiger partial charge in [-0.1, -0.05) is 103 Å². The quantitative estimate of drug-likeness (QED) is 0.0993. The monoisotopic (exact) mass is 603 g/mol. The predicted molar refractivity (Wildman–Crippen MR) is 177 cm³/mol. The number of aryl methyl sites for hydroxylation is 2. The van der Waals surface area contributed by atoms with Gasteiger partial charge in [-0.25, -0.2) is 9.78 Å². The molecule has 2 atom stereocenters. The Balaban J connectivity index is 1.54. The van der Waals surface area contributed by atoms with Gasteiger partial charge in [-0.3, -0.25) is 18.7 Å². The minimum atomic E-state index is -0.304. The van der Waals surface area contributed by atoms with Crippen LogP contribution >= 0.6 is 0 Å². The number of nitrogens with one attached hydrogen (secondary N) is 1. The molecule has 0 aromatic carbocycles. The van der Waals surface area contributed by atoms with Crippen molar-refractivity contribution in [2.45, 2.75) is 161 Å². The van der Waals surface area contributed by atoms with Gasteiger partial charge in [0, 0.05) is 40.2 Å². The van der Waals surface area contributed by atoms with Gasteiger partial charge in [-0.2, -0.15) is 0 Å². The van der Waals surface area contributed by atoms with E-state index in [0.29, 0.717) is 23.8 Å². The van der Waals surface area contributed by atoms with Crippen LogP contribution in [0.3, 0.4) is 0 Å². The molecule has 9 heteroatoms. The van der Waals surface area contributed by atoms with Gasteiger partial charge >= 0.3 is 11.7 Å². The molecule has 0 saturated carbocycles. The number of aromatic nitrogens is 4. The van der Waals surface area contributed by atoms with Gasteiger partial charge < -0.3 is 14.6 Å². The van der Waals surface area contributed by atoms with E-state index in [0.717, 1.165) is 57.9 Å². The van der Waals surface area contributed by atoms with Crippen molar-refractivity contribution in [3.63, 3.8) is 0 Å². The van der Waals surface area contributed by atoms with Crippen LogP contribution in [-0.4, -0.2) is 43.3 Å². The lowest BCUT2D eigenvalue weighted by Crippen LogP contribution is -2.39. The van der Waals surface area contributed by atoms with Crippen molar-refractivity contribution >= 4 is 17.1 Å². The lowest BCUT2D eigenvalue weighted by molar-refractivity contribution is -0.146. The van der Waals surface area contributed by atoms with E-state index in [4.69, 9.17) is 4.74 Å². The van der Waals surface area contributed by atoms with Crippen molar-refractivity contribution < 1.29 is 9.53 Å². The van der Waals surface area contributed by atoms with Crippen LogP contribution in [0.2, 0.25) is 0 Å². The van der Waals surface area contributed by atoms with E-state index in [2.05, 4.69) is 24.1 Å². The highest BCUT2D eigenvalue weighted by molar-refractivity contribution is 5.69. The molecule has 43 heavy (non-hydrogen) atoms. The van der Waals surface area contributed by atoms with Gasteiger partial charge in [-0.15, -0.1) is 0 Å². The molecule has 9 nitrogen and oxygen atoms in total. The van der Waals surface area contributed by atoms with Crippen molar-refractivity contribution in [2.75, 3.05) is 6.54 Å². The lowest BCUT2D eigenvalue weighted by atomic mass is 10.0. The van der Waals surface area contributed by atoms with Crippen LogP contribution in [-0.2, 0) is 30.2 Å². The Labute approximate surface area is 259 Å². The predicted octanol–water partition coefficient (Wildman–Crippen LogP) is 6.78. The summed E-state index contributed by atoms with van der Waals surface area (Å²) in [6.45, 7) is 7.16. The van der Waals surface area contributed by atoms with Crippen molar-refractivity contribution in [1.29, 1.82) is 0 Å². The van der Waals surface area contributed by atoms with Gasteiger partial charge in [0.2, 0.25) is 0 Å². The average molecular weight is 604 g/mol. The van der Waals surface area contributed by atoms with Crippen LogP contribution in [0, 0.1) is 0 Å². The van der Waals surface area contributed by atoms with Crippen LogP contribution in [0.5, 0.6) is 0 Å². The van der Waals surface area contributed by atoms with E-state index in [9.17, 15) is 14.4 Å². The topological polar surface area (TPSA) is 100 Å². The Hall–Kier alpha value is -2.42. The maximum absolute atomic E-state index is 12.8. The summed E-state index contributed by atoms with van der Waals surface area (Å²) in [6, 6.07) is 0.439. The molecular weight excluding hydrogens is 542 g/mol. The van der Waals surface area contributed by atoms with Crippen molar-refractivity contribution in [2.24, 2.45) is 14.1 Å². The number of carbonyl (C=O) groups excluding carboxylic acids is 1. The van der Waals surface area contributed by atoms with Crippen LogP contribution < -0.4 is 16.6 Å². The first kappa shape index (κ1) is 36.8. The molecule has 0 bridgehead atoms. The number of fused-ring (bicyclic) bond motifs is 1. The number of esters is 1. The maximum atomic E-state index is 12.8. The third-order valence-corrected chi connectivity index (χ3v) is 8.63. The molecule has 2 heterocycles. The normalized spacial score (nSPS) is 13.0. The van der Waals surface area contributed by atoms with E-state index >= 15 is 0 Å². The molecule has 0 aliphatic rings. The number of imidazole rings is 1. The highest BCUT2D eigenvalue weighted by atomic mass is 16.5. The highest BCUT2D eigenvalue weighted by Crippen LogP contribution is 2.14. The minimum absolute atomic E-state index is 0.0645. The largest absolute Gasteiger partial charge is 0.461 e. The Morgan fingerprint density at radius 3 is 1.95 bits per heavy atom. The fraction of sp³-hybridized carbons (Fsp3) is 0.824. The second kappa shape index (κ2) is 21.3. The first-order valence-corrected chi connectivity index (χ1v) is 17.3. The standard InChI is InChI=1S/C34H61N5O4/c1-6-7-8-9-10-11-12-14-17-20-23-28(2)35-26-30(43-29(3)40)24-21-18-15-13-16-19-22-25-39-33(41)31-32(36-27-37(31)4)38(5)34(39)42/h27-28,30,35H,6-26H2,1-5H3. The maximum Gasteiger partial charge on any atom is 0.332 e. The van der Waals surface area contributed by atoms with Crippen LogP contribution in [0.4, 0.5) is 0 Å². The molecule has 1 N–H and O–H groups in total. The number of rotatable bonds is 25. The zero-order chi connectivity index (χ0) is 31.5. The molecule has 0 aliphatic carbocycles. The number of unbranched alkanes of at least 4 members (excludes halogenated alkanes) is 15. The third kappa shape index (κ3) is 13.8. The second-order valence-electron chi connectivity index (χ2n) is 12.6. The fourth-order valence-corrected chi connectivity index (χ4v) is 5.93. The lowest BCUT2D eigenvalue weighted by Gasteiger charge is -2.21. The van der Waals surface area contributed by atoms with Gasteiger partial charge in [0.25, 0.3) is 5.56 Å². The van der Waals surface area contributed by atoms with Crippen LogP contribution in [0.25, 0.3) is 11.2 Å². The van der Waals surface area contributed by atoms with Crippen molar-refractivity contribution in [3.8, 4) is 0 Å². The molecule has 2 aromatic rings. The Morgan fingerprint density at radius 1 is 0.837 bits per heavy atom. The van der Waals surface area contributed by atoms with Gasteiger partial charge in [0.1, 0.15) is 6.10 Å². The van der Waals surface area contributed by atoms with Gasteiger partial charge in [0.05, 0.1) is 6.33 Å². The second-order valence-corrected chi connectivity index (χ2v) is 12.6. The summed E-state index contributed by atoms with van der Waals surface area (Å²) in [5.74, 6) is -0.203. The molecular formula is C34H61N5O4. The molecule has 0 amide bonds. The van der Waals surface area contributed by atoms with Gasteiger partial charge in [-0.05, 0) is 32.6 Å². The van der Waals surface area contributed by atoms with Crippen LogP contribution in [0.15, 0.2) is 15.9 Å². The molecule has 0 radical (unpaired) electrons. The van der Waals surface area contributed by atoms with E-state index in [1.807, 2.05) is 0 Å². The first-order chi connectivity index (χ1) is 20.8. The Morgan fingerprint density at radius 2 is 1.37 bits per heavy atom. The molecule has 246 valence electrons. The first-order valence-electron chi connectivity index (χ1n) is 17.3. The van der Waals surface area contributed by atoms with Gasteiger partial charge in [0.15, 0.2) is 11.2 Å². The number of ether oxygens (including phenoxy) is 1. The zero-order valence-electron chi connectivity index (χ0n) is 28.0. The van der Waals surface area contributed by atoms with E-state index < -0.39 is 0 Å². The summed E-state index contributed by atoms with van der Waals surface area (Å²) in [7, 11) is 3.44. The smallest absolute Gasteiger partial charge is 0.332 e. The SMILES string of the molecule is CCCCCCCCCCCCC(C)NCC(CCCCCCCCCn1c(=O)c2c(ncn2C)n(C)c1=O)OC(C)=O. The molecule has 0 aliphatic heterocycles. The third-order valence-electron chi connectivity index (χ3n) is 8.63. The van der Waals surface area contributed by atoms with E-state index in [-0.39, 0.29) is 23.3 Å². The van der Waals surface area contributed by atoms with Crippen molar-refractivity contribution in [3.05, 3.63) is 27.2 Å². The molecule has 2 rings (SSSR count). The number of hydrogen-bond donors (Lipinski definition) is 1. The van der Waals surface area contributed by atoms with E-state index in [1.54, 1.807) is 25.0 Å². The number of hydrogen-bond acceptors (Lipinski definition) is 6. The van der Waals surface area contributed by atoms with E-state index in [1.165, 1.54) is 86.7 Å². The minimum Gasteiger partial charge on any atom is -0.461 e. The Bertz CT molecular complexity index is 1170. The number of carbonyl (C=O) groups is 1. The molecule has 0 saturated heterocycles. The fourth-order valence-electron chi connectivity index (χ4n) is 5.93. The summed E-state index contributed by atoms with van der Waals surface area (Å²) < 4.78 is 10.1. The summed E-state index contributed by atoms with van der Waals surface area (Å²) >= 11 is 0. The summed E-state index contributed by atoms with van der Waals surface area (Å²) in [5, 5.41) is 3.60. The molecule has 2 unspecified atom stereocenters. The Kier molecular flexibility index (Phi) is 18.2. The summed E-state index contributed by atoms with van der Waals surface area (Å²) in [5.41, 5.74) is 0.330. The number of nitrogens with zero attached hydrogens (tertiary/aromatic N) is 4. The zero-order valence-corrected chi connectivity index (χ0v) is 28.0. The molecule has 0 fully saturated rings. The highest BCUT2D eigenvalue weighted by Gasteiger charge is 2.15. The summed E-state index contributed by atoms with van der Waals surface area (Å²) in [4.78, 5) is 41.2. The average Bonchev–Trinajstić information content (AvgIpc) is 3.37. The molecule has 0 spiro atoms. The van der Waals surface area contributed by atoms with Crippen molar-refractivity contribution in [1.82, 2.24) is 24.0 Å².